The minimum atomic E-state index is -3.21. The molecule has 1 amide bonds. The van der Waals surface area contributed by atoms with Crippen LogP contribution in [0.1, 0.15) is 30.5 Å². The Bertz CT molecular complexity index is 1210. The predicted octanol–water partition coefficient (Wildman–Crippen LogP) is 5.95. The van der Waals surface area contributed by atoms with Gasteiger partial charge in [-0.25, -0.2) is 4.39 Å². The summed E-state index contributed by atoms with van der Waals surface area (Å²) in [6.07, 6.45) is 4.91. The van der Waals surface area contributed by atoms with Gasteiger partial charge in [-0.2, -0.15) is 5.10 Å². The molecule has 1 N–H and O–H groups in total. The van der Waals surface area contributed by atoms with Crippen LogP contribution >= 0.6 is 7.60 Å². The molecule has 0 radical (unpaired) electrons. The van der Waals surface area contributed by atoms with Gasteiger partial charge in [0.25, 0.3) is 0 Å². The zero-order valence-electron chi connectivity index (χ0n) is 19.7. The summed E-state index contributed by atoms with van der Waals surface area (Å²) in [6, 6.07) is 11.5. The van der Waals surface area contributed by atoms with E-state index in [-0.39, 0.29) is 17.9 Å². The summed E-state index contributed by atoms with van der Waals surface area (Å²) >= 11 is 0. The smallest absolute Gasteiger partial charge is 0.322 e. The van der Waals surface area contributed by atoms with Crippen molar-refractivity contribution in [2.24, 2.45) is 7.05 Å². The van der Waals surface area contributed by atoms with E-state index in [1.165, 1.54) is 18.2 Å². The van der Waals surface area contributed by atoms with Crippen molar-refractivity contribution in [3.8, 4) is 11.3 Å². The molecule has 9 heteroatoms. The monoisotopic (exact) mass is 485 g/mol. The second kappa shape index (κ2) is 11.4. The van der Waals surface area contributed by atoms with E-state index in [2.05, 4.69) is 10.4 Å². The molecule has 1 aromatic heterocycles. The molecule has 0 bridgehead atoms. The fourth-order valence-electron chi connectivity index (χ4n) is 3.59. The summed E-state index contributed by atoms with van der Waals surface area (Å²) in [7, 11) is -1.42. The van der Waals surface area contributed by atoms with Crippen molar-refractivity contribution in [3.05, 3.63) is 77.2 Å². The average molecular weight is 485 g/mol. The maximum atomic E-state index is 13.3. The van der Waals surface area contributed by atoms with Crippen LogP contribution < -0.4 is 5.32 Å². The van der Waals surface area contributed by atoms with Crippen LogP contribution in [-0.2, 0) is 31.6 Å². The molecule has 0 spiro atoms. The third-order valence-electron chi connectivity index (χ3n) is 5.08. The number of amides is 1. The number of aryl methyl sites for hydroxylation is 2. The van der Waals surface area contributed by atoms with Crippen LogP contribution in [0, 0.1) is 12.7 Å². The van der Waals surface area contributed by atoms with Crippen molar-refractivity contribution in [3.63, 3.8) is 0 Å². The number of anilines is 1. The summed E-state index contributed by atoms with van der Waals surface area (Å²) in [5, 5.41) is 7.11. The second-order valence-electron chi connectivity index (χ2n) is 7.66. The molecule has 0 unspecified atom stereocenters. The van der Waals surface area contributed by atoms with Gasteiger partial charge in [-0.1, -0.05) is 12.1 Å². The second-order valence-corrected chi connectivity index (χ2v) is 9.71. The van der Waals surface area contributed by atoms with Crippen LogP contribution in [-0.4, -0.2) is 28.9 Å². The number of carbonyl (C=O) groups excluding carboxylic acids is 1. The van der Waals surface area contributed by atoms with E-state index in [9.17, 15) is 13.8 Å². The Balaban J connectivity index is 1.71. The van der Waals surface area contributed by atoms with Crippen LogP contribution in [0.5, 0.6) is 0 Å². The number of halogens is 1. The number of nitrogens with zero attached hydrogens (tertiary/aromatic N) is 2. The zero-order valence-corrected chi connectivity index (χ0v) is 20.6. The lowest BCUT2D eigenvalue weighted by Gasteiger charge is -2.17. The van der Waals surface area contributed by atoms with E-state index >= 15 is 0 Å². The fourth-order valence-corrected chi connectivity index (χ4v) is 5.28. The van der Waals surface area contributed by atoms with Crippen molar-refractivity contribution in [2.75, 3.05) is 18.5 Å². The number of aromatic nitrogens is 2. The normalized spacial score (nSPS) is 11.8. The van der Waals surface area contributed by atoms with Gasteiger partial charge < -0.3 is 14.4 Å². The average Bonchev–Trinajstić information content (AvgIpc) is 3.15. The molecular formula is C25H29FN3O4P. The Hall–Kier alpha value is -3.06. The van der Waals surface area contributed by atoms with E-state index in [1.54, 1.807) is 62.1 Å². The van der Waals surface area contributed by atoms with Crippen molar-refractivity contribution < 1.29 is 22.8 Å². The summed E-state index contributed by atoms with van der Waals surface area (Å²) < 4.78 is 38.5. The molecule has 0 saturated heterocycles. The van der Waals surface area contributed by atoms with Crippen LogP contribution in [0.2, 0.25) is 0 Å². The number of hydrogen-bond donors (Lipinski definition) is 1. The minimum absolute atomic E-state index is 0.164. The molecule has 3 aromatic rings. The highest BCUT2D eigenvalue weighted by Crippen LogP contribution is 2.51. The van der Waals surface area contributed by atoms with Crippen LogP contribution in [0.4, 0.5) is 10.1 Å². The van der Waals surface area contributed by atoms with E-state index in [1.807, 2.05) is 13.0 Å². The molecule has 34 heavy (non-hydrogen) atoms. The Kier molecular flexibility index (Phi) is 8.56. The molecule has 0 aliphatic heterocycles. The summed E-state index contributed by atoms with van der Waals surface area (Å²) in [5.74, 6) is -0.624. The van der Waals surface area contributed by atoms with Gasteiger partial charge in [-0.3, -0.25) is 14.0 Å². The largest absolute Gasteiger partial charge is 0.335 e. The molecule has 1 heterocycles. The summed E-state index contributed by atoms with van der Waals surface area (Å²) in [4.78, 5) is 12.6. The standard InChI is InChI=1S/C25H29FN3O4P/c1-5-32-34(31,33-6-2)17-19-7-13-23(18(3)15-19)28-24(30)14-10-21-16-27-29(4)25(21)20-8-11-22(26)12-9-20/h7-16H,5-6,17H2,1-4H3,(H,28,30)/b14-10+. The van der Waals surface area contributed by atoms with E-state index in [0.29, 0.717) is 18.9 Å². The van der Waals surface area contributed by atoms with Crippen molar-refractivity contribution in [2.45, 2.75) is 26.9 Å². The molecule has 2 aromatic carbocycles. The van der Waals surface area contributed by atoms with E-state index in [4.69, 9.17) is 9.05 Å². The number of rotatable bonds is 10. The highest BCUT2D eigenvalue weighted by Gasteiger charge is 2.24. The molecule has 0 saturated carbocycles. The third-order valence-corrected chi connectivity index (χ3v) is 7.13. The molecule has 3 rings (SSSR count). The highest BCUT2D eigenvalue weighted by molar-refractivity contribution is 7.53. The number of benzene rings is 2. The Labute approximate surface area is 199 Å². The van der Waals surface area contributed by atoms with Crippen molar-refractivity contribution in [1.82, 2.24) is 9.78 Å². The zero-order chi connectivity index (χ0) is 24.7. The minimum Gasteiger partial charge on any atom is -0.322 e. The fraction of sp³-hybridized carbons (Fsp3) is 0.280. The van der Waals surface area contributed by atoms with Gasteiger partial charge in [-0.05, 0) is 68.3 Å². The van der Waals surface area contributed by atoms with Crippen molar-refractivity contribution in [1.29, 1.82) is 0 Å². The van der Waals surface area contributed by atoms with Gasteiger partial charge >= 0.3 is 7.60 Å². The highest BCUT2D eigenvalue weighted by atomic mass is 31.2. The maximum absolute atomic E-state index is 13.3. The lowest BCUT2D eigenvalue weighted by Crippen LogP contribution is -2.09. The molecule has 180 valence electrons. The first-order valence-electron chi connectivity index (χ1n) is 11.0. The van der Waals surface area contributed by atoms with E-state index in [0.717, 1.165) is 27.9 Å². The van der Waals surface area contributed by atoms with Gasteiger partial charge in [0, 0.05) is 29.9 Å². The molecular weight excluding hydrogens is 456 g/mol. The van der Waals surface area contributed by atoms with Gasteiger partial charge in [-0.15, -0.1) is 0 Å². The Morgan fingerprint density at radius 2 is 1.82 bits per heavy atom. The first-order chi connectivity index (χ1) is 16.2. The van der Waals surface area contributed by atoms with Gasteiger partial charge in [0.1, 0.15) is 5.82 Å². The molecule has 0 fully saturated rings. The summed E-state index contributed by atoms with van der Waals surface area (Å²) in [5.41, 5.74) is 4.58. The molecule has 7 nitrogen and oxygen atoms in total. The SMILES string of the molecule is CCOP(=O)(Cc1ccc(NC(=O)/C=C/c2cnn(C)c2-c2ccc(F)cc2)c(C)c1)OCC. The maximum Gasteiger partial charge on any atom is 0.335 e. The van der Waals surface area contributed by atoms with Crippen LogP contribution in [0.15, 0.2) is 54.7 Å². The Morgan fingerprint density at radius 3 is 2.44 bits per heavy atom. The quantitative estimate of drug-likeness (QED) is 0.283. The van der Waals surface area contributed by atoms with Crippen LogP contribution in [0.3, 0.4) is 0 Å². The predicted molar refractivity (Wildman–Crippen MR) is 132 cm³/mol. The number of carbonyl (C=O) groups is 1. The van der Waals surface area contributed by atoms with Gasteiger partial charge in [0.15, 0.2) is 0 Å². The van der Waals surface area contributed by atoms with E-state index < -0.39 is 7.60 Å². The lowest BCUT2D eigenvalue weighted by molar-refractivity contribution is -0.111. The topological polar surface area (TPSA) is 82.5 Å². The molecule has 0 atom stereocenters. The first kappa shape index (κ1) is 25.6. The lowest BCUT2D eigenvalue weighted by atomic mass is 10.1. The van der Waals surface area contributed by atoms with Crippen molar-refractivity contribution >= 4 is 25.3 Å². The number of hydrogen-bond acceptors (Lipinski definition) is 5. The molecule has 0 aliphatic carbocycles. The third kappa shape index (κ3) is 6.50. The van der Waals surface area contributed by atoms with Gasteiger partial charge in [0.05, 0.1) is 31.3 Å². The first-order valence-corrected chi connectivity index (χ1v) is 12.7. The molecule has 0 aliphatic rings. The Morgan fingerprint density at radius 1 is 1.15 bits per heavy atom. The summed E-state index contributed by atoms with van der Waals surface area (Å²) in [6.45, 7) is 6.02. The van der Waals surface area contributed by atoms with Gasteiger partial charge in [0.2, 0.25) is 5.91 Å². The number of nitrogens with one attached hydrogen (secondary N) is 1. The van der Waals surface area contributed by atoms with Crippen LogP contribution in [0.25, 0.3) is 17.3 Å².